The minimum absolute atomic E-state index is 0.0408. The largest absolute Gasteiger partial charge is 0.349 e. The van der Waals surface area contributed by atoms with E-state index in [1.54, 1.807) is 6.20 Å². The minimum atomic E-state index is 0.0408. The molecule has 1 atom stereocenters. The summed E-state index contributed by atoms with van der Waals surface area (Å²) in [4.78, 5) is 23.0. The third-order valence-corrected chi connectivity index (χ3v) is 4.38. The van der Waals surface area contributed by atoms with E-state index in [1.165, 1.54) is 0 Å². The Morgan fingerprint density at radius 1 is 1.38 bits per heavy atom. The molecular weight excluding hydrogens is 304 g/mol. The first kappa shape index (κ1) is 16.6. The lowest BCUT2D eigenvalue weighted by Gasteiger charge is -2.24. The SMILES string of the molecule is Cc1nc(C)n(C[C@H]2CCCN2CC(=O)NCc2ccccn2)n1. The molecule has 3 rings (SSSR count). The molecule has 0 aliphatic carbocycles. The van der Waals surface area contributed by atoms with Gasteiger partial charge >= 0.3 is 0 Å². The van der Waals surface area contributed by atoms with Gasteiger partial charge in [0.1, 0.15) is 11.6 Å². The summed E-state index contributed by atoms with van der Waals surface area (Å²) in [5, 5.41) is 7.38. The van der Waals surface area contributed by atoms with Crippen LogP contribution in [0.15, 0.2) is 24.4 Å². The fraction of sp³-hybridized carbons (Fsp3) is 0.529. The van der Waals surface area contributed by atoms with E-state index >= 15 is 0 Å². The van der Waals surface area contributed by atoms with Gasteiger partial charge in [0.25, 0.3) is 0 Å². The van der Waals surface area contributed by atoms with Crippen molar-refractivity contribution in [1.29, 1.82) is 0 Å². The summed E-state index contributed by atoms with van der Waals surface area (Å²) in [5.74, 6) is 1.77. The number of rotatable bonds is 6. The molecule has 1 aliphatic heterocycles. The third-order valence-electron chi connectivity index (χ3n) is 4.38. The van der Waals surface area contributed by atoms with Gasteiger partial charge < -0.3 is 5.32 Å². The Balaban J connectivity index is 1.52. The molecule has 3 heterocycles. The predicted octanol–water partition coefficient (Wildman–Crippen LogP) is 1.07. The predicted molar refractivity (Wildman–Crippen MR) is 90.2 cm³/mol. The molecule has 1 aliphatic rings. The molecule has 1 fully saturated rings. The van der Waals surface area contributed by atoms with Gasteiger partial charge in [0.2, 0.25) is 5.91 Å². The summed E-state index contributed by atoms with van der Waals surface area (Å²) in [5.41, 5.74) is 0.873. The van der Waals surface area contributed by atoms with E-state index < -0.39 is 0 Å². The summed E-state index contributed by atoms with van der Waals surface area (Å²) < 4.78 is 1.95. The fourth-order valence-electron chi connectivity index (χ4n) is 3.18. The molecular formula is C17H24N6O. The van der Waals surface area contributed by atoms with Crippen molar-refractivity contribution in [2.75, 3.05) is 13.1 Å². The second-order valence-corrected chi connectivity index (χ2v) is 6.25. The van der Waals surface area contributed by atoms with E-state index in [1.807, 2.05) is 36.7 Å². The van der Waals surface area contributed by atoms with Crippen molar-refractivity contribution in [3.8, 4) is 0 Å². The lowest BCUT2D eigenvalue weighted by molar-refractivity contribution is -0.122. The average Bonchev–Trinajstić information content (AvgIpc) is 3.13. The fourth-order valence-corrected chi connectivity index (χ4v) is 3.18. The number of pyridine rings is 1. The first-order chi connectivity index (χ1) is 11.6. The Labute approximate surface area is 142 Å². The Kier molecular flexibility index (Phi) is 5.20. The van der Waals surface area contributed by atoms with Crippen molar-refractivity contribution in [2.45, 2.75) is 45.8 Å². The average molecular weight is 328 g/mol. The van der Waals surface area contributed by atoms with Crippen LogP contribution in [0.1, 0.15) is 30.2 Å². The van der Waals surface area contributed by atoms with Gasteiger partial charge in [-0.15, -0.1) is 0 Å². The molecule has 24 heavy (non-hydrogen) atoms. The molecule has 1 N–H and O–H groups in total. The van der Waals surface area contributed by atoms with Crippen molar-refractivity contribution in [3.63, 3.8) is 0 Å². The summed E-state index contributed by atoms with van der Waals surface area (Å²) >= 11 is 0. The Morgan fingerprint density at radius 2 is 2.25 bits per heavy atom. The standard InChI is InChI=1S/C17H24N6O/c1-13-20-14(2)23(21-13)11-16-7-5-9-22(16)12-17(24)19-10-15-6-3-4-8-18-15/h3-4,6,8,16H,5,7,9-12H2,1-2H3,(H,19,24)/t16-/m1/s1. The summed E-state index contributed by atoms with van der Waals surface area (Å²) in [6, 6.07) is 6.04. The van der Waals surface area contributed by atoms with E-state index in [0.29, 0.717) is 19.1 Å². The normalized spacial score (nSPS) is 18.0. The maximum absolute atomic E-state index is 12.2. The molecule has 1 amide bonds. The molecule has 1 saturated heterocycles. The van der Waals surface area contributed by atoms with Crippen LogP contribution < -0.4 is 5.32 Å². The van der Waals surface area contributed by atoms with Crippen LogP contribution >= 0.6 is 0 Å². The van der Waals surface area contributed by atoms with E-state index in [0.717, 1.165) is 43.3 Å². The highest BCUT2D eigenvalue weighted by Crippen LogP contribution is 2.18. The van der Waals surface area contributed by atoms with Crippen molar-refractivity contribution in [2.24, 2.45) is 0 Å². The number of nitrogens with one attached hydrogen (secondary N) is 1. The minimum Gasteiger partial charge on any atom is -0.349 e. The summed E-state index contributed by atoms with van der Waals surface area (Å²) in [7, 11) is 0. The zero-order valence-electron chi connectivity index (χ0n) is 14.3. The number of amides is 1. The van der Waals surface area contributed by atoms with Crippen molar-refractivity contribution < 1.29 is 4.79 Å². The van der Waals surface area contributed by atoms with Crippen molar-refractivity contribution in [1.82, 2.24) is 30.0 Å². The zero-order chi connectivity index (χ0) is 16.9. The van der Waals surface area contributed by atoms with Gasteiger partial charge in [0.15, 0.2) is 0 Å². The van der Waals surface area contributed by atoms with Crippen LogP contribution in [0, 0.1) is 13.8 Å². The molecule has 0 radical (unpaired) electrons. The van der Waals surface area contributed by atoms with Crippen LogP contribution in [0.5, 0.6) is 0 Å². The van der Waals surface area contributed by atoms with Crippen LogP contribution in [-0.4, -0.2) is 49.7 Å². The molecule has 0 unspecified atom stereocenters. The molecule has 128 valence electrons. The Morgan fingerprint density at radius 3 is 2.96 bits per heavy atom. The molecule has 2 aromatic rings. The van der Waals surface area contributed by atoms with Crippen LogP contribution in [0.3, 0.4) is 0 Å². The Hall–Kier alpha value is -2.28. The molecule has 2 aromatic heterocycles. The third kappa shape index (κ3) is 4.17. The highest BCUT2D eigenvalue weighted by Gasteiger charge is 2.27. The van der Waals surface area contributed by atoms with E-state index in [2.05, 4.69) is 25.3 Å². The maximum Gasteiger partial charge on any atom is 0.234 e. The van der Waals surface area contributed by atoms with Gasteiger partial charge in [-0.2, -0.15) is 5.10 Å². The molecule has 0 aromatic carbocycles. The van der Waals surface area contributed by atoms with Gasteiger partial charge in [0.05, 0.1) is 25.3 Å². The number of carbonyl (C=O) groups is 1. The number of nitrogens with zero attached hydrogens (tertiary/aromatic N) is 5. The highest BCUT2D eigenvalue weighted by atomic mass is 16.2. The quantitative estimate of drug-likeness (QED) is 0.858. The van der Waals surface area contributed by atoms with E-state index in [4.69, 9.17) is 0 Å². The monoisotopic (exact) mass is 328 g/mol. The number of likely N-dealkylation sites (tertiary alicyclic amines) is 1. The van der Waals surface area contributed by atoms with Gasteiger partial charge in [0, 0.05) is 12.2 Å². The molecule has 0 saturated carbocycles. The second-order valence-electron chi connectivity index (χ2n) is 6.25. The highest BCUT2D eigenvalue weighted by molar-refractivity contribution is 5.78. The van der Waals surface area contributed by atoms with E-state index in [9.17, 15) is 4.79 Å². The topological polar surface area (TPSA) is 75.9 Å². The summed E-state index contributed by atoms with van der Waals surface area (Å²) in [6.45, 7) is 6.51. The van der Waals surface area contributed by atoms with Crippen LogP contribution in [0.25, 0.3) is 0 Å². The van der Waals surface area contributed by atoms with Crippen LogP contribution in [0.2, 0.25) is 0 Å². The van der Waals surface area contributed by atoms with Gasteiger partial charge in [-0.3, -0.25) is 14.7 Å². The molecule has 7 heteroatoms. The Bertz CT molecular complexity index is 684. The first-order valence-corrected chi connectivity index (χ1v) is 8.40. The van der Waals surface area contributed by atoms with Gasteiger partial charge in [-0.25, -0.2) is 9.67 Å². The van der Waals surface area contributed by atoms with Crippen LogP contribution in [-0.2, 0) is 17.9 Å². The van der Waals surface area contributed by atoms with Gasteiger partial charge in [-0.1, -0.05) is 6.07 Å². The maximum atomic E-state index is 12.2. The number of hydrogen-bond acceptors (Lipinski definition) is 5. The zero-order valence-corrected chi connectivity index (χ0v) is 14.3. The van der Waals surface area contributed by atoms with Crippen molar-refractivity contribution in [3.05, 3.63) is 41.7 Å². The second kappa shape index (κ2) is 7.53. The number of carbonyl (C=O) groups excluding carboxylic acids is 1. The van der Waals surface area contributed by atoms with Gasteiger partial charge in [-0.05, 0) is 45.4 Å². The lowest BCUT2D eigenvalue weighted by atomic mass is 10.2. The molecule has 0 spiro atoms. The molecule has 7 nitrogen and oxygen atoms in total. The lowest BCUT2D eigenvalue weighted by Crippen LogP contribution is -2.41. The number of aromatic nitrogens is 4. The first-order valence-electron chi connectivity index (χ1n) is 8.40. The van der Waals surface area contributed by atoms with Crippen molar-refractivity contribution >= 4 is 5.91 Å². The molecule has 0 bridgehead atoms. The number of hydrogen-bond donors (Lipinski definition) is 1. The number of aryl methyl sites for hydroxylation is 2. The van der Waals surface area contributed by atoms with E-state index in [-0.39, 0.29) is 5.91 Å². The smallest absolute Gasteiger partial charge is 0.234 e. The summed E-state index contributed by atoms with van der Waals surface area (Å²) in [6.07, 6.45) is 3.94. The van der Waals surface area contributed by atoms with Crippen LogP contribution in [0.4, 0.5) is 0 Å².